The Morgan fingerprint density at radius 3 is 2.62 bits per heavy atom. The summed E-state index contributed by atoms with van der Waals surface area (Å²) in [6, 6.07) is 3.28. The quantitative estimate of drug-likeness (QED) is 0.841. The number of halogens is 4. The normalized spacial score (nSPS) is 22.9. The highest BCUT2D eigenvalue weighted by atomic mass is 79.9. The fraction of sp³-hybridized carbons (Fsp3) is 0.571. The number of rotatable bonds is 2. The van der Waals surface area contributed by atoms with Crippen LogP contribution in [-0.4, -0.2) is 17.1 Å². The third-order valence-electron chi connectivity index (χ3n) is 3.80. The summed E-state index contributed by atoms with van der Waals surface area (Å²) < 4.78 is 39.8. The number of pyridine rings is 1. The Balaban J connectivity index is 2.12. The van der Waals surface area contributed by atoms with Crippen molar-refractivity contribution in [2.75, 3.05) is 5.32 Å². The molecule has 1 heterocycles. The van der Waals surface area contributed by atoms with E-state index < -0.39 is 23.9 Å². The number of anilines is 1. The Hall–Kier alpha value is -1.11. The summed E-state index contributed by atoms with van der Waals surface area (Å²) >= 11 is 3.28. The molecular formula is C14H16BrF3N2O. The van der Waals surface area contributed by atoms with E-state index in [1.54, 1.807) is 19.1 Å². The molecule has 2 atom stereocenters. The maximum absolute atomic E-state index is 13.0. The summed E-state index contributed by atoms with van der Waals surface area (Å²) in [7, 11) is 0. The fourth-order valence-electron chi connectivity index (χ4n) is 2.67. The van der Waals surface area contributed by atoms with Gasteiger partial charge in [0.25, 0.3) is 0 Å². The van der Waals surface area contributed by atoms with Crippen molar-refractivity contribution in [1.82, 2.24) is 4.98 Å². The number of aromatic nitrogens is 1. The Morgan fingerprint density at radius 2 is 2.00 bits per heavy atom. The molecule has 1 amide bonds. The summed E-state index contributed by atoms with van der Waals surface area (Å²) in [5, 5.41) is 2.51. The molecule has 2 rings (SSSR count). The lowest BCUT2D eigenvalue weighted by molar-refractivity contribution is -0.197. The van der Waals surface area contributed by atoms with Crippen molar-refractivity contribution in [3.63, 3.8) is 0 Å². The first-order valence-electron chi connectivity index (χ1n) is 6.80. The van der Waals surface area contributed by atoms with Crippen LogP contribution in [0, 0.1) is 18.8 Å². The summed E-state index contributed by atoms with van der Waals surface area (Å²) in [6.07, 6.45) is -2.87. The van der Waals surface area contributed by atoms with Crippen LogP contribution in [0.4, 0.5) is 19.0 Å². The summed E-state index contributed by atoms with van der Waals surface area (Å²) in [6.45, 7) is 1.75. The van der Waals surface area contributed by atoms with Crippen molar-refractivity contribution in [1.29, 1.82) is 0 Å². The first-order valence-corrected chi connectivity index (χ1v) is 7.59. The molecule has 1 aliphatic carbocycles. The second-order valence-electron chi connectivity index (χ2n) is 5.29. The van der Waals surface area contributed by atoms with Gasteiger partial charge >= 0.3 is 6.18 Å². The molecule has 116 valence electrons. The molecule has 21 heavy (non-hydrogen) atoms. The minimum atomic E-state index is -4.33. The summed E-state index contributed by atoms with van der Waals surface area (Å²) in [4.78, 5) is 16.3. The van der Waals surface area contributed by atoms with Gasteiger partial charge in [-0.25, -0.2) is 4.98 Å². The second-order valence-corrected chi connectivity index (χ2v) is 6.15. The van der Waals surface area contributed by atoms with Crippen LogP contribution >= 0.6 is 15.9 Å². The lowest BCUT2D eigenvalue weighted by Crippen LogP contribution is -2.39. The van der Waals surface area contributed by atoms with Gasteiger partial charge in [-0.2, -0.15) is 13.2 Å². The molecule has 1 N–H and O–H groups in total. The molecule has 0 bridgehead atoms. The number of amides is 1. The first-order chi connectivity index (χ1) is 9.79. The highest BCUT2D eigenvalue weighted by molar-refractivity contribution is 9.10. The molecule has 0 radical (unpaired) electrons. The monoisotopic (exact) mass is 364 g/mol. The van der Waals surface area contributed by atoms with Gasteiger partial charge in [-0.15, -0.1) is 0 Å². The van der Waals surface area contributed by atoms with Crippen LogP contribution in [0.2, 0.25) is 0 Å². The van der Waals surface area contributed by atoms with Gasteiger partial charge in [0, 0.05) is 10.4 Å². The predicted octanol–water partition coefficient (Wildman–Crippen LogP) is 4.46. The van der Waals surface area contributed by atoms with E-state index >= 15 is 0 Å². The molecule has 0 aliphatic heterocycles. The number of carbonyl (C=O) groups excluding carboxylic acids is 1. The van der Waals surface area contributed by atoms with Crippen molar-refractivity contribution < 1.29 is 18.0 Å². The average molecular weight is 365 g/mol. The molecule has 1 aliphatic rings. The van der Waals surface area contributed by atoms with Crippen molar-refractivity contribution in [2.24, 2.45) is 11.8 Å². The predicted molar refractivity (Wildman–Crippen MR) is 76.8 cm³/mol. The number of aryl methyl sites for hydroxylation is 1. The number of alkyl halides is 3. The number of carbonyl (C=O) groups is 1. The van der Waals surface area contributed by atoms with Crippen LogP contribution in [0.3, 0.4) is 0 Å². The Morgan fingerprint density at radius 1 is 1.33 bits per heavy atom. The number of hydrogen-bond acceptors (Lipinski definition) is 2. The van der Waals surface area contributed by atoms with Gasteiger partial charge in [0.2, 0.25) is 5.91 Å². The first kappa shape index (κ1) is 16.3. The van der Waals surface area contributed by atoms with Gasteiger partial charge in [-0.1, -0.05) is 12.8 Å². The van der Waals surface area contributed by atoms with E-state index in [2.05, 4.69) is 26.2 Å². The third kappa shape index (κ3) is 3.96. The Kier molecular flexibility index (Phi) is 4.91. The molecule has 0 spiro atoms. The minimum absolute atomic E-state index is 0.0222. The zero-order valence-electron chi connectivity index (χ0n) is 11.5. The Labute approximate surface area is 129 Å². The standard InChI is InChI=1S/C14H16BrF3N2O/c1-8-11(15)6-7-12(19-8)20-13(21)9-4-2-3-5-10(9)14(16,17)18/h6-7,9-10H,2-5H2,1H3,(H,19,20,21). The number of nitrogens with zero attached hydrogens (tertiary/aromatic N) is 1. The van der Waals surface area contributed by atoms with E-state index in [0.29, 0.717) is 18.5 Å². The molecule has 0 saturated heterocycles. The molecule has 1 aromatic heterocycles. The largest absolute Gasteiger partial charge is 0.392 e. The van der Waals surface area contributed by atoms with Gasteiger partial charge in [0.15, 0.2) is 0 Å². The lowest BCUT2D eigenvalue weighted by atomic mass is 9.78. The maximum atomic E-state index is 13.0. The lowest BCUT2D eigenvalue weighted by Gasteiger charge is -2.31. The van der Waals surface area contributed by atoms with Crippen LogP contribution in [-0.2, 0) is 4.79 Å². The number of hydrogen-bond donors (Lipinski definition) is 1. The van der Waals surface area contributed by atoms with Gasteiger partial charge in [0.05, 0.1) is 11.6 Å². The molecule has 3 nitrogen and oxygen atoms in total. The molecule has 0 aromatic carbocycles. The van der Waals surface area contributed by atoms with E-state index in [0.717, 1.165) is 4.47 Å². The van der Waals surface area contributed by atoms with Crippen molar-refractivity contribution >= 4 is 27.7 Å². The summed E-state index contributed by atoms with van der Waals surface area (Å²) in [5.74, 6) is -2.88. The van der Waals surface area contributed by atoms with Gasteiger partial charge in [0.1, 0.15) is 5.82 Å². The van der Waals surface area contributed by atoms with Crippen LogP contribution in [0.15, 0.2) is 16.6 Å². The van der Waals surface area contributed by atoms with Crippen molar-refractivity contribution in [2.45, 2.75) is 38.8 Å². The minimum Gasteiger partial charge on any atom is -0.310 e. The van der Waals surface area contributed by atoms with E-state index in [1.165, 1.54) is 0 Å². The van der Waals surface area contributed by atoms with Crippen LogP contribution in [0.25, 0.3) is 0 Å². The highest BCUT2D eigenvalue weighted by Crippen LogP contribution is 2.41. The van der Waals surface area contributed by atoms with Crippen molar-refractivity contribution in [3.05, 3.63) is 22.3 Å². The smallest absolute Gasteiger partial charge is 0.310 e. The van der Waals surface area contributed by atoms with E-state index in [1.807, 2.05) is 0 Å². The summed E-state index contributed by atoms with van der Waals surface area (Å²) in [5.41, 5.74) is 0.670. The van der Waals surface area contributed by atoms with E-state index in [-0.39, 0.29) is 18.7 Å². The average Bonchev–Trinajstić information content (AvgIpc) is 2.42. The van der Waals surface area contributed by atoms with Gasteiger partial charge < -0.3 is 5.32 Å². The third-order valence-corrected chi connectivity index (χ3v) is 4.63. The maximum Gasteiger partial charge on any atom is 0.392 e. The van der Waals surface area contributed by atoms with E-state index in [9.17, 15) is 18.0 Å². The molecule has 2 unspecified atom stereocenters. The van der Waals surface area contributed by atoms with Gasteiger partial charge in [-0.05, 0) is 47.8 Å². The number of nitrogens with one attached hydrogen (secondary N) is 1. The second kappa shape index (κ2) is 6.34. The van der Waals surface area contributed by atoms with Crippen LogP contribution in [0.1, 0.15) is 31.4 Å². The topological polar surface area (TPSA) is 42.0 Å². The zero-order chi connectivity index (χ0) is 15.6. The Bertz CT molecular complexity index is 533. The zero-order valence-corrected chi connectivity index (χ0v) is 13.1. The SMILES string of the molecule is Cc1nc(NC(=O)C2CCCCC2C(F)(F)F)ccc1Br. The molecule has 1 aromatic rings. The molecular weight excluding hydrogens is 349 g/mol. The molecule has 7 heteroatoms. The molecule has 1 fully saturated rings. The van der Waals surface area contributed by atoms with Crippen LogP contribution in [0.5, 0.6) is 0 Å². The molecule has 1 saturated carbocycles. The van der Waals surface area contributed by atoms with E-state index in [4.69, 9.17) is 0 Å². The van der Waals surface area contributed by atoms with Gasteiger partial charge in [-0.3, -0.25) is 4.79 Å². The fourth-order valence-corrected chi connectivity index (χ4v) is 2.89. The van der Waals surface area contributed by atoms with Crippen molar-refractivity contribution in [3.8, 4) is 0 Å². The highest BCUT2D eigenvalue weighted by Gasteiger charge is 2.48. The van der Waals surface area contributed by atoms with Crippen LogP contribution < -0.4 is 5.32 Å².